The molecule has 0 saturated heterocycles. The molecular formula is C23H23NO3. The van der Waals surface area contributed by atoms with E-state index in [9.17, 15) is 9.59 Å². The average molecular weight is 361 g/mol. The van der Waals surface area contributed by atoms with Crippen LogP contribution in [0.1, 0.15) is 59.7 Å². The highest BCUT2D eigenvalue weighted by atomic mass is 16.5. The Morgan fingerprint density at radius 2 is 1.74 bits per heavy atom. The normalized spacial score (nSPS) is 17.1. The summed E-state index contributed by atoms with van der Waals surface area (Å²) in [4.78, 5) is 25.2. The van der Waals surface area contributed by atoms with E-state index in [1.165, 1.54) is 12.0 Å². The second-order valence-electron chi connectivity index (χ2n) is 7.18. The van der Waals surface area contributed by atoms with Crippen molar-refractivity contribution in [3.8, 4) is 0 Å². The number of hydrogen-bond donors (Lipinski definition) is 1. The Balaban J connectivity index is 1.49. The minimum atomic E-state index is -0.934. The number of ether oxygens (including phenoxy) is 1. The van der Waals surface area contributed by atoms with Gasteiger partial charge in [0.05, 0.1) is 5.56 Å². The molecule has 1 amide bonds. The van der Waals surface area contributed by atoms with Gasteiger partial charge in [0.1, 0.15) is 0 Å². The number of hydrogen-bond acceptors (Lipinski definition) is 3. The summed E-state index contributed by atoms with van der Waals surface area (Å²) in [7, 11) is 0. The first-order valence-electron chi connectivity index (χ1n) is 9.56. The predicted octanol–water partition coefficient (Wildman–Crippen LogP) is 4.43. The first-order valence-corrected chi connectivity index (χ1v) is 9.56. The molecule has 1 saturated carbocycles. The summed E-state index contributed by atoms with van der Waals surface area (Å²) in [5, 5.41) is 2.93. The Bertz CT molecular complexity index is 851. The molecule has 4 rings (SSSR count). The number of nitrogens with one attached hydrogen (secondary N) is 1. The number of carbonyl (C=O) groups excluding carboxylic acids is 2. The van der Waals surface area contributed by atoms with Crippen LogP contribution >= 0.6 is 0 Å². The van der Waals surface area contributed by atoms with E-state index in [0.717, 1.165) is 31.2 Å². The number of allylic oxidation sites excluding steroid dienone is 2. The van der Waals surface area contributed by atoms with Crippen LogP contribution < -0.4 is 5.32 Å². The summed E-state index contributed by atoms with van der Waals surface area (Å²) in [5.41, 5.74) is 3.62. The number of carbonyl (C=O) groups is 2. The Kier molecular flexibility index (Phi) is 5.05. The minimum absolute atomic E-state index is 0.210. The Morgan fingerprint density at radius 3 is 2.37 bits per heavy atom. The van der Waals surface area contributed by atoms with Crippen LogP contribution in [0.25, 0.3) is 5.57 Å². The van der Waals surface area contributed by atoms with E-state index in [1.807, 2.05) is 30.3 Å². The van der Waals surface area contributed by atoms with Gasteiger partial charge in [0, 0.05) is 11.6 Å². The van der Waals surface area contributed by atoms with Crippen LogP contribution in [-0.2, 0) is 9.53 Å². The molecule has 1 fully saturated rings. The molecule has 0 bridgehead atoms. The zero-order valence-corrected chi connectivity index (χ0v) is 15.2. The number of benzene rings is 2. The zero-order chi connectivity index (χ0) is 18.6. The highest BCUT2D eigenvalue weighted by molar-refractivity contribution is 5.93. The Labute approximate surface area is 159 Å². The molecule has 4 heteroatoms. The summed E-state index contributed by atoms with van der Waals surface area (Å²) < 4.78 is 5.61. The molecule has 4 nitrogen and oxygen atoms in total. The first-order chi connectivity index (χ1) is 13.2. The molecule has 0 aromatic heterocycles. The SMILES string of the molecule is O=C(OC(C(=O)NC1CC1)c1ccccc1)c1ccc(C2=CCCC2)cc1. The van der Waals surface area contributed by atoms with Gasteiger partial charge in [-0.3, -0.25) is 4.79 Å². The Hall–Kier alpha value is -2.88. The lowest BCUT2D eigenvalue weighted by atomic mass is 10.0. The van der Waals surface area contributed by atoms with Crippen LogP contribution in [0.15, 0.2) is 60.7 Å². The fourth-order valence-electron chi connectivity index (χ4n) is 3.33. The third-order valence-corrected chi connectivity index (χ3v) is 5.02. The van der Waals surface area contributed by atoms with Gasteiger partial charge < -0.3 is 10.1 Å². The monoisotopic (exact) mass is 361 g/mol. The van der Waals surface area contributed by atoms with Crippen molar-refractivity contribution in [2.45, 2.75) is 44.2 Å². The average Bonchev–Trinajstić information content (AvgIpc) is 3.35. The van der Waals surface area contributed by atoms with Gasteiger partial charge in [-0.25, -0.2) is 4.79 Å². The Morgan fingerprint density at radius 1 is 1.00 bits per heavy atom. The number of rotatable bonds is 6. The highest BCUT2D eigenvalue weighted by Crippen LogP contribution is 2.28. The topological polar surface area (TPSA) is 55.4 Å². The summed E-state index contributed by atoms with van der Waals surface area (Å²) in [6.07, 6.45) is 6.68. The van der Waals surface area contributed by atoms with Crippen molar-refractivity contribution in [2.75, 3.05) is 0 Å². The highest BCUT2D eigenvalue weighted by Gasteiger charge is 2.31. The van der Waals surface area contributed by atoms with Crippen LogP contribution in [0.4, 0.5) is 0 Å². The third-order valence-electron chi connectivity index (χ3n) is 5.02. The second-order valence-corrected chi connectivity index (χ2v) is 7.18. The van der Waals surface area contributed by atoms with E-state index in [0.29, 0.717) is 11.1 Å². The van der Waals surface area contributed by atoms with E-state index in [-0.39, 0.29) is 11.9 Å². The van der Waals surface area contributed by atoms with Crippen molar-refractivity contribution in [3.05, 3.63) is 77.4 Å². The predicted molar refractivity (Wildman–Crippen MR) is 104 cm³/mol. The van der Waals surface area contributed by atoms with E-state index < -0.39 is 12.1 Å². The van der Waals surface area contributed by atoms with Gasteiger partial charge in [0.25, 0.3) is 5.91 Å². The van der Waals surface area contributed by atoms with Crippen LogP contribution in [0.5, 0.6) is 0 Å². The van der Waals surface area contributed by atoms with Gasteiger partial charge in [-0.1, -0.05) is 48.5 Å². The van der Waals surface area contributed by atoms with Gasteiger partial charge in [-0.15, -0.1) is 0 Å². The maximum atomic E-state index is 12.7. The fraction of sp³-hybridized carbons (Fsp3) is 0.304. The molecule has 1 N–H and O–H groups in total. The summed E-state index contributed by atoms with van der Waals surface area (Å²) >= 11 is 0. The standard InChI is InChI=1S/C23H23NO3/c25-22(24-20-14-15-20)21(18-8-2-1-3-9-18)27-23(26)19-12-10-17(11-13-19)16-6-4-5-7-16/h1-3,6,8-13,20-21H,4-5,7,14-15H2,(H,24,25). The van der Waals surface area contributed by atoms with Crippen molar-refractivity contribution < 1.29 is 14.3 Å². The first kappa shape index (κ1) is 17.5. The largest absolute Gasteiger partial charge is 0.444 e. The zero-order valence-electron chi connectivity index (χ0n) is 15.2. The second kappa shape index (κ2) is 7.78. The van der Waals surface area contributed by atoms with Gasteiger partial charge >= 0.3 is 5.97 Å². The minimum Gasteiger partial charge on any atom is -0.444 e. The lowest BCUT2D eigenvalue weighted by Crippen LogP contribution is -2.33. The van der Waals surface area contributed by atoms with Crippen LogP contribution in [-0.4, -0.2) is 17.9 Å². The van der Waals surface area contributed by atoms with Gasteiger partial charge in [0.15, 0.2) is 0 Å². The maximum absolute atomic E-state index is 12.7. The lowest BCUT2D eigenvalue weighted by Gasteiger charge is -2.18. The van der Waals surface area contributed by atoms with Crippen molar-refractivity contribution in [2.24, 2.45) is 0 Å². The van der Waals surface area contributed by atoms with Crippen molar-refractivity contribution in [1.82, 2.24) is 5.32 Å². The van der Waals surface area contributed by atoms with Crippen LogP contribution in [0.3, 0.4) is 0 Å². The molecule has 0 radical (unpaired) electrons. The smallest absolute Gasteiger partial charge is 0.339 e. The molecular weight excluding hydrogens is 338 g/mol. The fourth-order valence-corrected chi connectivity index (χ4v) is 3.33. The molecule has 0 aliphatic heterocycles. The number of esters is 1. The molecule has 0 heterocycles. The summed E-state index contributed by atoms with van der Waals surface area (Å²) in [6, 6.07) is 16.8. The quantitative estimate of drug-likeness (QED) is 0.775. The molecule has 27 heavy (non-hydrogen) atoms. The van der Waals surface area contributed by atoms with E-state index in [2.05, 4.69) is 11.4 Å². The van der Waals surface area contributed by atoms with E-state index >= 15 is 0 Å². The van der Waals surface area contributed by atoms with Crippen molar-refractivity contribution in [3.63, 3.8) is 0 Å². The van der Waals surface area contributed by atoms with E-state index in [1.54, 1.807) is 24.3 Å². The lowest BCUT2D eigenvalue weighted by molar-refractivity contribution is -0.130. The molecule has 2 aromatic rings. The maximum Gasteiger partial charge on any atom is 0.339 e. The summed E-state index contributed by atoms with van der Waals surface area (Å²) in [5.74, 6) is -0.744. The third kappa shape index (κ3) is 4.27. The van der Waals surface area contributed by atoms with E-state index in [4.69, 9.17) is 4.74 Å². The molecule has 0 spiro atoms. The van der Waals surface area contributed by atoms with Crippen LogP contribution in [0, 0.1) is 0 Å². The van der Waals surface area contributed by atoms with Crippen molar-refractivity contribution in [1.29, 1.82) is 0 Å². The number of amides is 1. The molecule has 2 aliphatic rings. The summed E-state index contributed by atoms with van der Waals surface area (Å²) in [6.45, 7) is 0. The van der Waals surface area contributed by atoms with Gasteiger partial charge in [-0.05, 0) is 55.4 Å². The van der Waals surface area contributed by atoms with Crippen LogP contribution in [0.2, 0.25) is 0 Å². The molecule has 2 aromatic carbocycles. The molecule has 1 unspecified atom stereocenters. The van der Waals surface area contributed by atoms with Gasteiger partial charge in [0.2, 0.25) is 6.10 Å². The molecule has 1 atom stereocenters. The molecule has 2 aliphatic carbocycles. The van der Waals surface area contributed by atoms with Gasteiger partial charge in [-0.2, -0.15) is 0 Å². The molecule has 138 valence electrons. The van der Waals surface area contributed by atoms with Crippen molar-refractivity contribution >= 4 is 17.4 Å².